The van der Waals surface area contributed by atoms with Crippen LogP contribution in [-0.2, 0) is 6.54 Å². The van der Waals surface area contributed by atoms with Gasteiger partial charge in [0, 0.05) is 44.8 Å². The van der Waals surface area contributed by atoms with Crippen molar-refractivity contribution in [1.29, 1.82) is 0 Å². The number of likely N-dealkylation sites (N-methyl/N-ethyl adjacent to an activating group) is 1. The summed E-state index contributed by atoms with van der Waals surface area (Å²) in [5, 5.41) is 5.79. The lowest BCUT2D eigenvalue weighted by molar-refractivity contribution is 0.235. The fourth-order valence-corrected chi connectivity index (χ4v) is 3.41. The maximum Gasteiger partial charge on any atom is 0.315 e. The second-order valence-corrected chi connectivity index (χ2v) is 7.15. The van der Waals surface area contributed by atoms with Crippen molar-refractivity contribution in [3.05, 3.63) is 65.7 Å². The van der Waals surface area contributed by atoms with Crippen LogP contribution in [0.5, 0.6) is 0 Å². The maximum atomic E-state index is 13.9. The summed E-state index contributed by atoms with van der Waals surface area (Å²) in [5.41, 5.74) is 1.60. The Labute approximate surface area is 164 Å². The van der Waals surface area contributed by atoms with Crippen LogP contribution in [0.25, 0.3) is 0 Å². The summed E-state index contributed by atoms with van der Waals surface area (Å²) in [7, 11) is 2.01. The molecule has 7 heteroatoms. The number of carbonyl (C=O) groups is 1. The Morgan fingerprint density at radius 1 is 1.21 bits per heavy atom. The average molecular weight is 388 g/mol. The third-order valence-corrected chi connectivity index (χ3v) is 4.85. The van der Waals surface area contributed by atoms with Crippen molar-refractivity contribution >= 4 is 11.7 Å². The van der Waals surface area contributed by atoms with Gasteiger partial charge in [0.25, 0.3) is 0 Å². The Morgan fingerprint density at radius 3 is 2.75 bits per heavy atom. The van der Waals surface area contributed by atoms with Gasteiger partial charge in [-0.15, -0.1) is 0 Å². The van der Waals surface area contributed by atoms with Crippen molar-refractivity contribution in [2.24, 2.45) is 0 Å². The van der Waals surface area contributed by atoms with Crippen LogP contribution in [0.2, 0.25) is 0 Å². The molecule has 1 fully saturated rings. The lowest BCUT2D eigenvalue weighted by Crippen LogP contribution is -2.45. The van der Waals surface area contributed by atoms with E-state index < -0.39 is 11.6 Å². The van der Waals surface area contributed by atoms with E-state index in [0.717, 1.165) is 25.6 Å². The first-order valence-electron chi connectivity index (χ1n) is 9.48. The van der Waals surface area contributed by atoms with Gasteiger partial charge >= 0.3 is 6.03 Å². The SMILES string of the molecule is CN(CCNC(=O)NC1CCN(c2ccc(F)cc2F)C1)Cc1ccccc1. The number of urea groups is 1. The molecular formula is C21H26F2N4O. The van der Waals surface area contributed by atoms with E-state index in [1.54, 1.807) is 0 Å². The third kappa shape index (κ3) is 5.66. The predicted molar refractivity (Wildman–Crippen MR) is 106 cm³/mol. The van der Waals surface area contributed by atoms with E-state index in [0.29, 0.717) is 25.3 Å². The van der Waals surface area contributed by atoms with Crippen LogP contribution < -0.4 is 15.5 Å². The lowest BCUT2D eigenvalue weighted by atomic mass is 10.2. The molecule has 1 saturated heterocycles. The fourth-order valence-electron chi connectivity index (χ4n) is 3.41. The van der Waals surface area contributed by atoms with Gasteiger partial charge in [-0.1, -0.05) is 30.3 Å². The van der Waals surface area contributed by atoms with Crippen LogP contribution in [0.1, 0.15) is 12.0 Å². The normalized spacial score (nSPS) is 16.4. The van der Waals surface area contributed by atoms with Crippen molar-refractivity contribution in [1.82, 2.24) is 15.5 Å². The molecule has 0 bridgehead atoms. The van der Waals surface area contributed by atoms with E-state index in [1.165, 1.54) is 17.7 Å². The van der Waals surface area contributed by atoms with Crippen LogP contribution in [0.4, 0.5) is 19.3 Å². The lowest BCUT2D eigenvalue weighted by Gasteiger charge is -2.20. The molecule has 2 N–H and O–H groups in total. The zero-order chi connectivity index (χ0) is 19.9. The summed E-state index contributed by atoms with van der Waals surface area (Å²) in [6.45, 7) is 3.22. The molecule has 1 atom stereocenters. The molecule has 1 unspecified atom stereocenters. The number of anilines is 1. The highest BCUT2D eigenvalue weighted by Gasteiger charge is 2.25. The predicted octanol–water partition coefficient (Wildman–Crippen LogP) is 2.97. The van der Waals surface area contributed by atoms with Crippen molar-refractivity contribution in [2.75, 3.05) is 38.1 Å². The fraction of sp³-hybridized carbons (Fsp3) is 0.381. The van der Waals surface area contributed by atoms with Gasteiger partial charge in [0.2, 0.25) is 0 Å². The Kier molecular flexibility index (Phi) is 6.81. The van der Waals surface area contributed by atoms with E-state index in [4.69, 9.17) is 0 Å². The number of benzene rings is 2. The molecule has 3 rings (SSSR count). The third-order valence-electron chi connectivity index (χ3n) is 4.85. The Bertz CT molecular complexity index is 787. The minimum atomic E-state index is -0.591. The number of hydrogen-bond donors (Lipinski definition) is 2. The number of amides is 2. The first kappa shape index (κ1) is 20.1. The molecular weight excluding hydrogens is 362 g/mol. The van der Waals surface area contributed by atoms with Crippen molar-refractivity contribution in [3.63, 3.8) is 0 Å². The first-order chi connectivity index (χ1) is 13.5. The van der Waals surface area contributed by atoms with Gasteiger partial charge in [-0.3, -0.25) is 0 Å². The van der Waals surface area contributed by atoms with Gasteiger partial charge < -0.3 is 20.4 Å². The molecule has 2 amide bonds. The second kappa shape index (κ2) is 9.50. The quantitative estimate of drug-likeness (QED) is 0.767. The summed E-state index contributed by atoms with van der Waals surface area (Å²) in [6, 6.07) is 13.5. The Hall–Kier alpha value is -2.67. The van der Waals surface area contributed by atoms with E-state index in [9.17, 15) is 13.6 Å². The molecule has 28 heavy (non-hydrogen) atoms. The highest BCUT2D eigenvalue weighted by molar-refractivity contribution is 5.74. The minimum absolute atomic E-state index is 0.0634. The largest absolute Gasteiger partial charge is 0.367 e. The summed E-state index contributed by atoms with van der Waals surface area (Å²) >= 11 is 0. The van der Waals surface area contributed by atoms with Gasteiger partial charge in [-0.25, -0.2) is 13.6 Å². The summed E-state index contributed by atoms with van der Waals surface area (Å²) in [5.74, 6) is -1.17. The van der Waals surface area contributed by atoms with Gasteiger partial charge in [-0.05, 0) is 31.2 Å². The zero-order valence-corrected chi connectivity index (χ0v) is 16.0. The monoisotopic (exact) mass is 388 g/mol. The maximum absolute atomic E-state index is 13.9. The van der Waals surface area contributed by atoms with Crippen LogP contribution in [0.15, 0.2) is 48.5 Å². The van der Waals surface area contributed by atoms with Gasteiger partial charge in [0.05, 0.1) is 5.69 Å². The second-order valence-electron chi connectivity index (χ2n) is 7.15. The summed E-state index contributed by atoms with van der Waals surface area (Å²) in [6.07, 6.45) is 0.720. The van der Waals surface area contributed by atoms with Crippen LogP contribution in [0, 0.1) is 11.6 Å². The number of halogens is 2. The van der Waals surface area contributed by atoms with Gasteiger partial charge in [0.1, 0.15) is 11.6 Å². The van der Waals surface area contributed by atoms with E-state index in [2.05, 4.69) is 27.7 Å². The van der Waals surface area contributed by atoms with E-state index in [-0.39, 0.29) is 12.1 Å². The molecule has 0 saturated carbocycles. The number of rotatable bonds is 7. The van der Waals surface area contributed by atoms with Crippen molar-refractivity contribution < 1.29 is 13.6 Å². The number of carbonyl (C=O) groups excluding carboxylic acids is 1. The zero-order valence-electron chi connectivity index (χ0n) is 16.0. The molecule has 1 aliphatic rings. The molecule has 1 aliphatic heterocycles. The van der Waals surface area contributed by atoms with E-state index >= 15 is 0 Å². The van der Waals surface area contributed by atoms with Gasteiger partial charge in [-0.2, -0.15) is 0 Å². The van der Waals surface area contributed by atoms with E-state index in [1.807, 2.05) is 30.1 Å². The number of nitrogens with one attached hydrogen (secondary N) is 2. The molecule has 0 spiro atoms. The molecule has 0 aromatic heterocycles. The molecule has 2 aromatic rings. The number of hydrogen-bond acceptors (Lipinski definition) is 3. The molecule has 0 aliphatic carbocycles. The average Bonchev–Trinajstić information content (AvgIpc) is 3.10. The van der Waals surface area contributed by atoms with Crippen molar-refractivity contribution in [2.45, 2.75) is 19.0 Å². The molecule has 5 nitrogen and oxygen atoms in total. The number of nitrogens with zero attached hydrogens (tertiary/aromatic N) is 2. The van der Waals surface area contributed by atoms with Crippen LogP contribution in [0.3, 0.4) is 0 Å². The Balaban J connectivity index is 1.37. The smallest absolute Gasteiger partial charge is 0.315 e. The topological polar surface area (TPSA) is 47.6 Å². The highest BCUT2D eigenvalue weighted by atomic mass is 19.1. The molecule has 1 heterocycles. The van der Waals surface area contributed by atoms with Crippen LogP contribution >= 0.6 is 0 Å². The molecule has 0 radical (unpaired) electrons. The first-order valence-corrected chi connectivity index (χ1v) is 9.48. The standard InChI is InChI=1S/C21H26F2N4O/c1-26(14-16-5-3-2-4-6-16)12-10-24-21(28)25-18-9-11-27(15-18)20-8-7-17(22)13-19(20)23/h2-8,13,18H,9-12,14-15H2,1H3,(H2,24,25,28). The summed E-state index contributed by atoms with van der Waals surface area (Å²) in [4.78, 5) is 16.1. The Morgan fingerprint density at radius 2 is 2.00 bits per heavy atom. The molecule has 150 valence electrons. The van der Waals surface area contributed by atoms with Crippen LogP contribution in [-0.4, -0.2) is 50.2 Å². The van der Waals surface area contributed by atoms with Gasteiger partial charge in [0.15, 0.2) is 0 Å². The summed E-state index contributed by atoms with van der Waals surface area (Å²) < 4.78 is 27.0. The molecule has 2 aromatic carbocycles. The van der Waals surface area contributed by atoms with Crippen molar-refractivity contribution in [3.8, 4) is 0 Å². The highest BCUT2D eigenvalue weighted by Crippen LogP contribution is 2.24. The minimum Gasteiger partial charge on any atom is -0.367 e.